The number of hydrogen-bond acceptors (Lipinski definition) is 15. The number of alkyl halides is 1. The number of ether oxygens (including phenoxy) is 3. The number of imide groups is 1. The number of nitrogens with two attached hydrogens (primary N) is 1. The maximum Gasteiger partial charge on any atom is 0.524 e. The quantitative estimate of drug-likeness (QED) is 0.0107. The summed E-state index contributed by atoms with van der Waals surface area (Å²) >= 11 is 6.41. The third-order valence-corrected chi connectivity index (χ3v) is 17.8. The highest BCUT2D eigenvalue weighted by Gasteiger charge is 2.51. The van der Waals surface area contributed by atoms with E-state index in [1.165, 1.54) is 42.4 Å². The number of Topliss-reactive ketones (excluding diaryl/α,β-unsaturated/α-hetero) is 1. The Morgan fingerprint density at radius 1 is 0.828 bits per heavy atom. The Morgan fingerprint density at radius 2 is 1.54 bits per heavy atom. The molecule has 0 spiro atoms. The van der Waals surface area contributed by atoms with E-state index in [9.17, 15) is 57.8 Å². The number of carbonyl (C=O) groups is 8. The number of hydrogen-bond donors (Lipinski definition) is 6. The summed E-state index contributed by atoms with van der Waals surface area (Å²) in [4.78, 5) is 132. The molecular weight excluding hydrogens is 1170 g/mol. The van der Waals surface area contributed by atoms with E-state index in [1.807, 2.05) is 6.07 Å². The fourth-order valence-corrected chi connectivity index (χ4v) is 12.8. The highest BCUT2D eigenvalue weighted by atomic mass is 35.5. The number of amides is 7. The molecule has 2 fully saturated rings. The first-order valence-corrected chi connectivity index (χ1v) is 31.8. The van der Waals surface area contributed by atoms with Gasteiger partial charge in [0.05, 0.1) is 42.7 Å². The Balaban J connectivity index is 0.793. The number of rotatable bonds is 29. The fourth-order valence-electron chi connectivity index (χ4n) is 12.2. The van der Waals surface area contributed by atoms with E-state index in [-0.39, 0.29) is 103 Å². The molecule has 1 unspecified atom stereocenters. The lowest BCUT2D eigenvalue weighted by molar-refractivity contribution is -0.151. The number of nitrogens with one attached hydrogen (secondary N) is 2. The molecule has 4 heterocycles. The van der Waals surface area contributed by atoms with Crippen molar-refractivity contribution in [3.8, 4) is 17.2 Å². The predicted molar refractivity (Wildman–Crippen MR) is 321 cm³/mol. The van der Waals surface area contributed by atoms with Crippen LogP contribution in [0.15, 0.2) is 78.9 Å². The lowest BCUT2D eigenvalue weighted by Crippen LogP contribution is -2.58. The molecule has 23 nitrogen and oxygen atoms in total. The summed E-state index contributed by atoms with van der Waals surface area (Å²) in [6.45, 7) is 1.55. The Hall–Kier alpha value is -7.40. The smallest absolute Gasteiger partial charge is 0.493 e. The number of aliphatic hydroxyl groups is 1. The normalized spacial score (nSPS) is 18.8. The van der Waals surface area contributed by atoms with Crippen molar-refractivity contribution >= 4 is 88.9 Å². The molecule has 1 saturated heterocycles. The molecule has 0 bridgehead atoms. The largest absolute Gasteiger partial charge is 0.524 e. The molecule has 466 valence electrons. The van der Waals surface area contributed by atoms with Crippen LogP contribution in [0.2, 0.25) is 0 Å². The standard InChI is InChI=1S/C62H75ClN7O16P/c1-83-51-33-44-47(34-52(51)84-31-11-2-4-18-53(72)69-37-41(36-63)56-43-15-6-5-14-42(43)50(35-48(56)69)86-87(80,81)82)70(58(76)46-17-12-30-67(46)57(44)75)61(79)85-38-40-21-19-39(20-22-40)32-49(71)45(16-7-8-27-64)66-60(78)62(25-13-26-62)59(77)65-28-9-3-10-29-68-54(73)23-24-55(68)74/h5-6,14-15,19-24,33-35,41,45-46,58,76H,2-4,7-13,16-18,25-32,36-38,64H2,1H3,(H,65,77)(H,66,78)(H2,80,81,82)/t41-,45+,46+,58?/m1/s1. The van der Waals surface area contributed by atoms with Crippen LogP contribution in [0.3, 0.4) is 0 Å². The first-order chi connectivity index (χ1) is 41.9. The topological polar surface area (TPSA) is 314 Å². The molecule has 4 aromatic carbocycles. The SMILES string of the molecule is COc1cc2c(cc1OCCCCCC(=O)N1C[C@@H](CCl)c3c1cc(OP(=O)(O)O)c1ccccc31)N(C(=O)OCc1ccc(CC(=O)[C@H](CCCCN)NC(=O)C3(C(=O)NCCCCCN4C(=O)C=CC4=O)CCC3)cc1)C(O)[C@@H]1CCCN1C2=O. The molecule has 4 aliphatic heterocycles. The van der Waals surface area contributed by atoms with Crippen molar-refractivity contribution in [2.45, 2.75) is 134 Å². The van der Waals surface area contributed by atoms with Crippen LogP contribution in [-0.4, -0.2) is 143 Å². The molecule has 1 aliphatic carbocycles. The monoisotopic (exact) mass is 1240 g/mol. The minimum Gasteiger partial charge on any atom is -0.493 e. The molecule has 1 saturated carbocycles. The van der Waals surface area contributed by atoms with Gasteiger partial charge in [-0.3, -0.25) is 48.2 Å². The molecule has 7 N–H and O–H groups in total. The number of phosphoric ester groups is 1. The van der Waals surface area contributed by atoms with Crippen LogP contribution in [-0.2, 0) is 51.1 Å². The van der Waals surface area contributed by atoms with Gasteiger partial charge in [0.2, 0.25) is 17.7 Å². The lowest BCUT2D eigenvalue weighted by Gasteiger charge is -2.39. The fraction of sp³-hybridized carbons (Fsp3) is 0.484. The summed E-state index contributed by atoms with van der Waals surface area (Å²) in [7, 11) is -3.51. The van der Waals surface area contributed by atoms with Gasteiger partial charge in [0, 0.05) is 80.5 Å². The third-order valence-electron chi connectivity index (χ3n) is 17.0. The molecule has 4 aromatic rings. The minimum absolute atomic E-state index is 0.0413. The van der Waals surface area contributed by atoms with Crippen LogP contribution < -0.4 is 40.2 Å². The van der Waals surface area contributed by atoms with Crippen LogP contribution in [0.25, 0.3) is 10.8 Å². The molecule has 9 rings (SSSR count). The predicted octanol–water partition coefficient (Wildman–Crippen LogP) is 6.82. The summed E-state index contributed by atoms with van der Waals surface area (Å²) in [6, 6.07) is 16.7. The first kappa shape index (κ1) is 64.1. The number of methoxy groups -OCH3 is 1. The zero-order valence-electron chi connectivity index (χ0n) is 48.6. The van der Waals surface area contributed by atoms with E-state index in [4.69, 9.17) is 36.1 Å². The van der Waals surface area contributed by atoms with E-state index in [0.29, 0.717) is 137 Å². The Bertz CT molecular complexity index is 3320. The minimum atomic E-state index is -4.93. The van der Waals surface area contributed by atoms with E-state index in [1.54, 1.807) is 52.3 Å². The summed E-state index contributed by atoms with van der Waals surface area (Å²) in [6.07, 6.45) is 7.41. The second-order valence-corrected chi connectivity index (χ2v) is 24.2. The highest BCUT2D eigenvalue weighted by Crippen LogP contribution is 2.50. The average molecular weight is 1240 g/mol. The van der Waals surface area contributed by atoms with Crippen molar-refractivity contribution in [1.82, 2.24) is 20.4 Å². The van der Waals surface area contributed by atoms with Gasteiger partial charge in [-0.15, -0.1) is 11.6 Å². The van der Waals surface area contributed by atoms with Crippen molar-refractivity contribution < 1.29 is 76.5 Å². The average Bonchev–Trinajstić information content (AvgIpc) is 1.77. The summed E-state index contributed by atoms with van der Waals surface area (Å²) in [5.41, 5.74) is 7.10. The number of aliphatic hydroxyl groups excluding tert-OH is 1. The number of anilines is 2. The van der Waals surface area contributed by atoms with Gasteiger partial charge >= 0.3 is 13.9 Å². The molecule has 25 heteroatoms. The van der Waals surface area contributed by atoms with Crippen molar-refractivity contribution in [2.24, 2.45) is 11.1 Å². The first-order valence-electron chi connectivity index (χ1n) is 29.8. The number of unbranched alkanes of at least 4 members (excludes halogenated alkanes) is 5. The van der Waals surface area contributed by atoms with Crippen LogP contribution >= 0.6 is 19.4 Å². The maximum absolute atomic E-state index is 14.3. The molecule has 4 atom stereocenters. The maximum atomic E-state index is 14.3. The lowest BCUT2D eigenvalue weighted by atomic mass is 9.67. The molecule has 7 amide bonds. The van der Waals surface area contributed by atoms with Gasteiger partial charge in [0.15, 0.2) is 23.5 Å². The van der Waals surface area contributed by atoms with Crippen molar-refractivity contribution in [2.75, 3.05) is 62.1 Å². The second kappa shape index (κ2) is 28.6. The van der Waals surface area contributed by atoms with Gasteiger partial charge < -0.3 is 50.0 Å². The Morgan fingerprint density at radius 3 is 2.23 bits per heavy atom. The van der Waals surface area contributed by atoms with Gasteiger partial charge in [-0.2, -0.15) is 0 Å². The zero-order valence-corrected chi connectivity index (χ0v) is 50.3. The van der Waals surface area contributed by atoms with E-state index < -0.39 is 55.4 Å². The van der Waals surface area contributed by atoms with Gasteiger partial charge in [0.25, 0.3) is 17.7 Å². The third kappa shape index (κ3) is 14.6. The number of ketones is 1. The summed E-state index contributed by atoms with van der Waals surface area (Å²) < 4.78 is 34.7. The van der Waals surface area contributed by atoms with E-state index in [2.05, 4.69) is 10.6 Å². The van der Waals surface area contributed by atoms with Gasteiger partial charge in [-0.25, -0.2) is 14.3 Å². The van der Waals surface area contributed by atoms with Crippen molar-refractivity contribution in [1.29, 1.82) is 0 Å². The van der Waals surface area contributed by atoms with Gasteiger partial charge in [0.1, 0.15) is 17.8 Å². The number of benzene rings is 4. The number of carbonyl (C=O) groups excluding carboxylic acids is 8. The Labute approximate surface area is 509 Å². The number of halogens is 1. The highest BCUT2D eigenvalue weighted by molar-refractivity contribution is 7.46. The van der Waals surface area contributed by atoms with Crippen LogP contribution in [0, 0.1) is 5.41 Å². The van der Waals surface area contributed by atoms with Crippen molar-refractivity contribution in [3.63, 3.8) is 0 Å². The molecule has 0 radical (unpaired) electrons. The molecule has 87 heavy (non-hydrogen) atoms. The van der Waals surface area contributed by atoms with Gasteiger partial charge in [-0.1, -0.05) is 55.0 Å². The second-order valence-electron chi connectivity index (χ2n) is 22.7. The summed E-state index contributed by atoms with van der Waals surface area (Å²) in [5, 5.41) is 18.9. The zero-order chi connectivity index (χ0) is 62.0. The number of fused-ring (bicyclic) bond motifs is 5. The number of phosphoric acid groups is 1. The molecule has 5 aliphatic rings. The van der Waals surface area contributed by atoms with Gasteiger partial charge in [-0.05, 0) is 118 Å². The molecule has 0 aromatic heterocycles. The molecular formula is C62H75ClN7O16P. The van der Waals surface area contributed by atoms with E-state index in [0.717, 1.165) is 10.5 Å². The number of nitrogens with zero attached hydrogens (tertiary/aromatic N) is 4. The van der Waals surface area contributed by atoms with Crippen LogP contribution in [0.4, 0.5) is 16.2 Å². The summed E-state index contributed by atoms with van der Waals surface area (Å²) in [5.74, 6) is -2.08. The van der Waals surface area contributed by atoms with Crippen LogP contribution in [0.1, 0.15) is 129 Å². The van der Waals surface area contributed by atoms with E-state index >= 15 is 0 Å². The van der Waals surface area contributed by atoms with Crippen LogP contribution in [0.5, 0.6) is 17.2 Å². The van der Waals surface area contributed by atoms with Crippen molar-refractivity contribution in [3.05, 3.63) is 101 Å². The Kier molecular flexibility index (Phi) is 21.1.